The van der Waals surface area contributed by atoms with Gasteiger partial charge >= 0.3 is 5.69 Å². The van der Waals surface area contributed by atoms with Gasteiger partial charge in [-0.3, -0.25) is 4.57 Å². The molecule has 3 aromatic rings. The van der Waals surface area contributed by atoms with Gasteiger partial charge in [-0.1, -0.05) is 60.7 Å². The number of rotatable bonds is 7. The lowest BCUT2D eigenvalue weighted by Crippen LogP contribution is -2.35. The van der Waals surface area contributed by atoms with Gasteiger partial charge in [0.05, 0.1) is 18.6 Å². The summed E-state index contributed by atoms with van der Waals surface area (Å²) >= 11 is 0. The largest absolute Gasteiger partial charge is 0.388 e. The van der Waals surface area contributed by atoms with Crippen LogP contribution in [-0.4, -0.2) is 49.3 Å². The second kappa shape index (κ2) is 10.0. The molecule has 0 bridgehead atoms. The first-order chi connectivity index (χ1) is 15.9. The number of ether oxygens (including phenoxy) is 1. The zero-order valence-corrected chi connectivity index (χ0v) is 18.0. The van der Waals surface area contributed by atoms with Gasteiger partial charge in [0.25, 0.3) is 0 Å². The van der Waals surface area contributed by atoms with E-state index in [-0.39, 0.29) is 5.82 Å². The van der Waals surface area contributed by atoms with Crippen LogP contribution in [0.1, 0.15) is 24.3 Å². The number of hydrogen-bond acceptors (Lipinski definition) is 6. The average molecular weight is 452 g/mol. The van der Waals surface area contributed by atoms with Crippen molar-refractivity contribution in [3.05, 3.63) is 94.3 Å². The third kappa shape index (κ3) is 5.33. The number of aliphatic imine (C=N–C) groups is 1. The van der Waals surface area contributed by atoms with Crippen molar-refractivity contribution in [3.8, 4) is 0 Å². The lowest BCUT2D eigenvalue weighted by Gasteiger charge is -2.20. The fraction of sp³-hybridized carbons (Fsp3) is 0.292. The monoisotopic (exact) mass is 452 g/mol. The summed E-state index contributed by atoms with van der Waals surface area (Å²) in [5.41, 5.74) is 1.25. The molecule has 0 radical (unpaired) electrons. The van der Waals surface area contributed by atoms with Crippen molar-refractivity contribution in [1.82, 2.24) is 14.5 Å². The van der Waals surface area contributed by atoms with E-state index >= 15 is 0 Å². The van der Waals surface area contributed by atoms with Gasteiger partial charge in [0.15, 0.2) is 17.9 Å². The minimum absolute atomic E-state index is 0.372. The predicted octanol–water partition coefficient (Wildman–Crippen LogP) is 2.38. The second-order valence-corrected chi connectivity index (χ2v) is 7.94. The molecule has 0 saturated carbocycles. The molecule has 1 fully saturated rings. The van der Waals surface area contributed by atoms with Crippen LogP contribution in [0.2, 0.25) is 0 Å². The van der Waals surface area contributed by atoms with Gasteiger partial charge < -0.3 is 19.8 Å². The zero-order valence-electron chi connectivity index (χ0n) is 18.0. The summed E-state index contributed by atoms with van der Waals surface area (Å²) in [6.45, 7) is 2.60. The molecule has 0 aliphatic carbocycles. The Kier molecular flexibility index (Phi) is 6.93. The minimum Gasteiger partial charge on any atom is -0.388 e. The Labute approximate surface area is 190 Å². The topological polar surface area (TPSA) is 100 Å². The van der Waals surface area contributed by atoms with Crippen molar-refractivity contribution in [3.63, 3.8) is 0 Å². The maximum Gasteiger partial charge on any atom is 0.352 e. The van der Waals surface area contributed by atoms with Gasteiger partial charge in [-0.05, 0) is 18.1 Å². The van der Waals surface area contributed by atoms with Gasteiger partial charge in [-0.2, -0.15) is 4.98 Å². The van der Waals surface area contributed by atoms with Crippen molar-refractivity contribution in [2.75, 3.05) is 0 Å². The van der Waals surface area contributed by atoms with Gasteiger partial charge in [0.1, 0.15) is 12.2 Å². The van der Waals surface area contributed by atoms with Crippen LogP contribution >= 0.6 is 0 Å². The molecule has 4 rings (SSSR count). The summed E-state index contributed by atoms with van der Waals surface area (Å²) in [4.78, 5) is 22.2. The number of aliphatic hydroxyl groups excluding tert-OH is 2. The molecule has 33 heavy (non-hydrogen) atoms. The molecule has 1 aliphatic heterocycles. The maximum atomic E-state index is 14.8. The summed E-state index contributed by atoms with van der Waals surface area (Å²) < 4.78 is 21.0. The zero-order chi connectivity index (χ0) is 23.4. The predicted molar refractivity (Wildman–Crippen MR) is 120 cm³/mol. The van der Waals surface area contributed by atoms with E-state index < -0.39 is 36.0 Å². The Morgan fingerprint density at radius 3 is 2.15 bits per heavy atom. The highest BCUT2D eigenvalue weighted by Gasteiger charge is 2.42. The van der Waals surface area contributed by atoms with E-state index in [1.54, 1.807) is 6.92 Å². The molecule has 1 saturated heterocycles. The summed E-state index contributed by atoms with van der Waals surface area (Å²) in [6.07, 6.45) is -2.15. The van der Waals surface area contributed by atoms with Crippen LogP contribution in [0.25, 0.3) is 0 Å². The smallest absolute Gasteiger partial charge is 0.352 e. The van der Waals surface area contributed by atoms with Crippen LogP contribution in [0.15, 0.2) is 76.6 Å². The highest BCUT2D eigenvalue weighted by molar-refractivity contribution is 5.60. The third-order valence-electron chi connectivity index (χ3n) is 5.44. The maximum absolute atomic E-state index is 14.8. The molecule has 2 N–H and O–H groups in total. The molecule has 0 amide bonds. The van der Waals surface area contributed by atoms with E-state index in [4.69, 9.17) is 4.74 Å². The van der Waals surface area contributed by atoms with Crippen LogP contribution in [0.3, 0.4) is 0 Å². The van der Waals surface area contributed by atoms with Gasteiger partial charge in [0.2, 0.25) is 0 Å². The SMILES string of the molecule is C[C@H]1O[C@@H](n2cc(F)c(N=CN(Cc3ccccc3)Cc3ccccc3)nc2=O)[C@H](O)[C@@H]1O. The Morgan fingerprint density at radius 2 is 1.64 bits per heavy atom. The van der Waals surface area contributed by atoms with Crippen LogP contribution < -0.4 is 5.69 Å². The summed E-state index contributed by atoms with van der Waals surface area (Å²) in [5.74, 6) is -1.22. The van der Waals surface area contributed by atoms with Crippen molar-refractivity contribution >= 4 is 12.2 Å². The first kappa shape index (κ1) is 22.8. The second-order valence-electron chi connectivity index (χ2n) is 7.94. The van der Waals surface area contributed by atoms with Gasteiger partial charge in [-0.15, -0.1) is 0 Å². The molecular formula is C24H25FN4O4. The summed E-state index contributed by atoms with van der Waals surface area (Å²) in [7, 11) is 0. The molecule has 0 unspecified atom stereocenters. The van der Waals surface area contributed by atoms with Crippen LogP contribution in [0.4, 0.5) is 10.2 Å². The molecule has 1 aromatic heterocycles. The van der Waals surface area contributed by atoms with E-state index in [1.807, 2.05) is 65.6 Å². The first-order valence-electron chi connectivity index (χ1n) is 10.6. The summed E-state index contributed by atoms with van der Waals surface area (Å²) in [6, 6.07) is 19.5. The molecular weight excluding hydrogens is 427 g/mol. The van der Waals surface area contributed by atoms with Crippen molar-refractivity contribution in [2.45, 2.75) is 44.6 Å². The highest BCUT2D eigenvalue weighted by Crippen LogP contribution is 2.28. The van der Waals surface area contributed by atoms with Crippen molar-refractivity contribution in [1.29, 1.82) is 0 Å². The van der Waals surface area contributed by atoms with E-state index in [0.29, 0.717) is 13.1 Å². The van der Waals surface area contributed by atoms with Gasteiger partial charge in [0, 0.05) is 13.1 Å². The molecule has 0 spiro atoms. The number of benzene rings is 2. The van der Waals surface area contributed by atoms with Crippen LogP contribution in [0, 0.1) is 5.82 Å². The Bertz CT molecular complexity index is 1110. The Hall–Kier alpha value is -3.40. The van der Waals surface area contributed by atoms with E-state index in [1.165, 1.54) is 6.34 Å². The minimum atomic E-state index is -1.37. The van der Waals surface area contributed by atoms with E-state index in [9.17, 15) is 19.4 Å². The molecule has 4 atom stereocenters. The lowest BCUT2D eigenvalue weighted by atomic mass is 10.1. The fourth-order valence-electron chi connectivity index (χ4n) is 3.68. The first-order valence-corrected chi connectivity index (χ1v) is 10.6. The van der Waals surface area contributed by atoms with Gasteiger partial charge in [-0.25, -0.2) is 14.2 Å². The molecule has 8 nitrogen and oxygen atoms in total. The number of aromatic nitrogens is 2. The number of hydrogen-bond donors (Lipinski definition) is 2. The quantitative estimate of drug-likeness (QED) is 0.422. The number of halogens is 1. The number of nitrogens with zero attached hydrogens (tertiary/aromatic N) is 4. The highest BCUT2D eigenvalue weighted by atomic mass is 19.1. The Morgan fingerprint density at radius 1 is 1.06 bits per heavy atom. The normalized spacial score (nSPS) is 22.7. The lowest BCUT2D eigenvalue weighted by molar-refractivity contribution is -0.0355. The van der Waals surface area contributed by atoms with Crippen molar-refractivity contribution < 1.29 is 19.3 Å². The van der Waals surface area contributed by atoms with E-state index in [0.717, 1.165) is 21.9 Å². The standard InChI is InChI=1S/C24H25FN4O4/c1-16-20(30)21(31)23(33-16)29-14-19(25)22(27-24(29)32)26-15-28(12-17-8-4-2-5-9-17)13-18-10-6-3-7-11-18/h2-11,14-16,20-21,23,30-31H,12-13H2,1H3/t16-,20-,21-,23-/m1/s1. The van der Waals surface area contributed by atoms with E-state index in [2.05, 4.69) is 9.98 Å². The molecule has 2 heterocycles. The molecule has 9 heteroatoms. The molecule has 172 valence electrons. The van der Waals surface area contributed by atoms with Crippen molar-refractivity contribution in [2.24, 2.45) is 4.99 Å². The number of aliphatic hydroxyl groups is 2. The molecule has 2 aromatic carbocycles. The van der Waals surface area contributed by atoms with Crippen LogP contribution in [0.5, 0.6) is 0 Å². The Balaban J connectivity index is 1.58. The average Bonchev–Trinajstić information content (AvgIpc) is 3.07. The third-order valence-corrected chi connectivity index (χ3v) is 5.44. The van der Waals surface area contributed by atoms with Crippen LogP contribution in [-0.2, 0) is 17.8 Å². The summed E-state index contributed by atoms with van der Waals surface area (Å²) in [5, 5.41) is 20.0. The fourth-order valence-corrected chi connectivity index (χ4v) is 3.68. The molecule has 1 aliphatic rings.